The Kier molecular flexibility index (Phi) is 9.41. The second-order valence-corrected chi connectivity index (χ2v) is 12.4. The summed E-state index contributed by atoms with van der Waals surface area (Å²) >= 11 is 6.33. The van der Waals surface area contributed by atoms with Gasteiger partial charge in [-0.25, -0.2) is 9.59 Å². The molecule has 39 heavy (non-hydrogen) atoms. The maximum absolute atomic E-state index is 13.2. The van der Waals surface area contributed by atoms with Gasteiger partial charge in [-0.1, -0.05) is 30.9 Å². The average Bonchev–Trinajstić information content (AvgIpc) is 2.89. The lowest BCUT2D eigenvalue weighted by atomic mass is 9.87. The Balaban J connectivity index is 1.19. The Labute approximate surface area is 236 Å². The Hall–Kier alpha value is -2.81. The average molecular weight is 561 g/mol. The molecule has 0 bridgehead atoms. The van der Waals surface area contributed by atoms with Gasteiger partial charge in [0.05, 0.1) is 10.7 Å². The van der Waals surface area contributed by atoms with Gasteiger partial charge >= 0.3 is 12.1 Å². The number of nitrogens with one attached hydrogen (secondary N) is 1. The highest BCUT2D eigenvalue weighted by atomic mass is 35.5. The lowest BCUT2D eigenvalue weighted by Gasteiger charge is -2.34. The molecule has 3 aliphatic heterocycles. The van der Waals surface area contributed by atoms with Crippen LogP contribution in [-0.4, -0.2) is 72.1 Å². The summed E-state index contributed by atoms with van der Waals surface area (Å²) < 4.78 is 5.50. The summed E-state index contributed by atoms with van der Waals surface area (Å²) in [5.41, 5.74) is 0.481. The first-order valence-corrected chi connectivity index (χ1v) is 14.6. The van der Waals surface area contributed by atoms with E-state index >= 15 is 0 Å². The van der Waals surface area contributed by atoms with Crippen molar-refractivity contribution in [3.63, 3.8) is 0 Å². The van der Waals surface area contributed by atoms with Gasteiger partial charge in [-0.3, -0.25) is 19.8 Å². The van der Waals surface area contributed by atoms with Crippen molar-refractivity contribution in [3.05, 3.63) is 28.8 Å². The van der Waals surface area contributed by atoms with Gasteiger partial charge in [-0.05, 0) is 76.5 Å². The minimum atomic E-state index is -0.521. The largest absolute Gasteiger partial charge is 0.444 e. The van der Waals surface area contributed by atoms with E-state index in [1.807, 2.05) is 30.6 Å². The number of urea groups is 1. The molecule has 3 fully saturated rings. The van der Waals surface area contributed by atoms with Gasteiger partial charge in [0.25, 0.3) is 5.91 Å². The topological polar surface area (TPSA) is 99.3 Å². The van der Waals surface area contributed by atoms with Crippen LogP contribution in [0, 0.1) is 11.8 Å². The monoisotopic (exact) mass is 560 g/mol. The summed E-state index contributed by atoms with van der Waals surface area (Å²) in [6, 6.07) is 4.47. The minimum Gasteiger partial charge on any atom is -0.444 e. The van der Waals surface area contributed by atoms with Crippen molar-refractivity contribution >= 4 is 41.2 Å². The number of amides is 5. The van der Waals surface area contributed by atoms with Crippen LogP contribution in [0.15, 0.2) is 18.2 Å². The fourth-order valence-electron chi connectivity index (χ4n) is 5.68. The molecule has 3 saturated heterocycles. The molecule has 0 spiro atoms. The molecule has 0 radical (unpaired) electrons. The molecule has 0 unspecified atom stereocenters. The first kappa shape index (κ1) is 29.2. The number of rotatable bonds is 6. The fraction of sp³-hybridized carbons (Fsp3) is 0.655. The molecule has 3 aliphatic rings. The van der Waals surface area contributed by atoms with E-state index < -0.39 is 11.6 Å². The summed E-state index contributed by atoms with van der Waals surface area (Å²) in [7, 11) is 0. The van der Waals surface area contributed by atoms with Crippen molar-refractivity contribution in [2.45, 2.75) is 77.7 Å². The Morgan fingerprint density at radius 1 is 0.949 bits per heavy atom. The zero-order valence-corrected chi connectivity index (χ0v) is 24.1. The second kappa shape index (κ2) is 12.6. The number of carbonyl (C=O) groups excluding carboxylic acids is 4. The van der Waals surface area contributed by atoms with E-state index in [9.17, 15) is 19.2 Å². The van der Waals surface area contributed by atoms with Crippen LogP contribution >= 0.6 is 11.6 Å². The summed E-state index contributed by atoms with van der Waals surface area (Å²) in [6.45, 7) is 8.90. The van der Waals surface area contributed by atoms with Gasteiger partial charge in [0, 0.05) is 44.7 Å². The molecule has 0 aliphatic carbocycles. The number of imide groups is 1. The third kappa shape index (κ3) is 7.87. The van der Waals surface area contributed by atoms with Crippen molar-refractivity contribution in [2.24, 2.45) is 11.8 Å². The lowest BCUT2D eigenvalue weighted by Crippen LogP contribution is -2.49. The summed E-state index contributed by atoms with van der Waals surface area (Å²) in [6.07, 6.45) is 7.56. The predicted octanol–water partition coefficient (Wildman–Crippen LogP) is 5.46. The molecule has 0 aromatic heterocycles. The molecule has 1 aromatic carbocycles. The number of benzene rings is 1. The number of nitrogens with zero attached hydrogens (tertiary/aromatic N) is 3. The van der Waals surface area contributed by atoms with E-state index in [1.165, 1.54) is 24.2 Å². The molecule has 214 valence electrons. The summed E-state index contributed by atoms with van der Waals surface area (Å²) in [5, 5.41) is 2.66. The van der Waals surface area contributed by atoms with E-state index in [2.05, 4.69) is 5.32 Å². The number of ether oxygens (including phenoxy) is 1. The van der Waals surface area contributed by atoms with Gasteiger partial charge in [-0.2, -0.15) is 0 Å². The maximum Gasteiger partial charge on any atom is 0.410 e. The highest BCUT2D eigenvalue weighted by Gasteiger charge is 2.29. The fourth-order valence-corrected chi connectivity index (χ4v) is 5.90. The van der Waals surface area contributed by atoms with Crippen LogP contribution in [0.4, 0.5) is 15.3 Å². The minimum absolute atomic E-state index is 0.0587. The van der Waals surface area contributed by atoms with Crippen LogP contribution in [-0.2, 0) is 9.53 Å². The van der Waals surface area contributed by atoms with Crippen molar-refractivity contribution in [1.29, 1.82) is 0 Å². The predicted molar refractivity (Wildman–Crippen MR) is 150 cm³/mol. The highest BCUT2D eigenvalue weighted by Crippen LogP contribution is 2.31. The molecule has 10 heteroatoms. The third-order valence-electron chi connectivity index (χ3n) is 7.93. The standard InChI is InChI=1S/C29H41ClN4O5/c1-29(2,3)39-28(38)33-16-11-21(12-17-33)6-4-5-20-9-14-32(15-10-20)26(36)22-7-8-23(30)24(19-22)34-18-13-25(35)31-27(34)37/h7-8,19-21H,4-6,9-18H2,1-3H3,(H,31,35,37). The van der Waals surface area contributed by atoms with Gasteiger partial charge in [0.2, 0.25) is 5.91 Å². The summed E-state index contributed by atoms with van der Waals surface area (Å²) in [5.74, 6) is 0.901. The Bertz CT molecular complexity index is 1070. The Morgan fingerprint density at radius 2 is 1.54 bits per heavy atom. The first-order chi connectivity index (χ1) is 18.5. The van der Waals surface area contributed by atoms with Crippen LogP contribution in [0.3, 0.4) is 0 Å². The van der Waals surface area contributed by atoms with Crippen molar-refractivity contribution in [1.82, 2.24) is 15.1 Å². The third-order valence-corrected chi connectivity index (χ3v) is 8.25. The number of carbonyl (C=O) groups is 4. The second-order valence-electron chi connectivity index (χ2n) is 12.0. The number of anilines is 1. The van der Waals surface area contributed by atoms with Gasteiger partial charge in [0.1, 0.15) is 5.60 Å². The SMILES string of the molecule is CC(C)(C)OC(=O)N1CCC(CCCC2CCN(C(=O)c3ccc(Cl)c(N4CCC(=O)NC4=O)c3)CC2)CC1. The van der Waals surface area contributed by atoms with E-state index in [-0.39, 0.29) is 30.9 Å². The molecule has 0 saturated carbocycles. The van der Waals surface area contributed by atoms with E-state index in [0.29, 0.717) is 41.2 Å². The van der Waals surface area contributed by atoms with Crippen LogP contribution in [0.2, 0.25) is 5.02 Å². The first-order valence-electron chi connectivity index (χ1n) is 14.2. The molecule has 1 N–H and O–H groups in total. The van der Waals surface area contributed by atoms with Crippen LogP contribution < -0.4 is 10.2 Å². The Morgan fingerprint density at radius 3 is 2.10 bits per heavy atom. The number of halogens is 1. The van der Waals surface area contributed by atoms with Crippen LogP contribution in [0.1, 0.15) is 82.5 Å². The maximum atomic E-state index is 13.2. The van der Waals surface area contributed by atoms with Gasteiger partial charge in [0.15, 0.2) is 0 Å². The zero-order chi connectivity index (χ0) is 28.2. The van der Waals surface area contributed by atoms with Gasteiger partial charge < -0.3 is 14.5 Å². The van der Waals surface area contributed by atoms with Crippen LogP contribution in [0.25, 0.3) is 0 Å². The van der Waals surface area contributed by atoms with Gasteiger partial charge in [-0.15, -0.1) is 0 Å². The quantitative estimate of drug-likeness (QED) is 0.498. The molecule has 0 atom stereocenters. The number of likely N-dealkylation sites (tertiary alicyclic amines) is 2. The molecular weight excluding hydrogens is 520 g/mol. The number of hydrogen-bond acceptors (Lipinski definition) is 5. The number of hydrogen-bond donors (Lipinski definition) is 1. The van der Waals surface area contributed by atoms with E-state index in [0.717, 1.165) is 38.8 Å². The zero-order valence-electron chi connectivity index (χ0n) is 23.3. The molecule has 4 rings (SSSR count). The lowest BCUT2D eigenvalue weighted by molar-refractivity contribution is -0.120. The normalized spacial score (nSPS) is 19.7. The van der Waals surface area contributed by atoms with E-state index in [1.54, 1.807) is 18.2 Å². The molecular formula is C29H41ClN4O5. The molecule has 5 amide bonds. The molecule has 9 nitrogen and oxygen atoms in total. The van der Waals surface area contributed by atoms with E-state index in [4.69, 9.17) is 16.3 Å². The molecule has 3 heterocycles. The smallest absolute Gasteiger partial charge is 0.410 e. The summed E-state index contributed by atoms with van der Waals surface area (Å²) in [4.78, 5) is 54.4. The number of piperidine rings is 2. The highest BCUT2D eigenvalue weighted by molar-refractivity contribution is 6.34. The molecule has 1 aromatic rings. The van der Waals surface area contributed by atoms with Crippen molar-refractivity contribution < 1.29 is 23.9 Å². The van der Waals surface area contributed by atoms with Crippen LogP contribution in [0.5, 0.6) is 0 Å². The van der Waals surface area contributed by atoms with Crippen molar-refractivity contribution in [2.75, 3.05) is 37.6 Å². The van der Waals surface area contributed by atoms with Crippen molar-refractivity contribution in [3.8, 4) is 0 Å².